The highest BCUT2D eigenvalue weighted by molar-refractivity contribution is 5.25. The van der Waals surface area contributed by atoms with Gasteiger partial charge in [-0.1, -0.05) is 12.1 Å². The lowest BCUT2D eigenvalue weighted by Crippen LogP contribution is -2.42. The molecule has 3 rings (SSSR count). The summed E-state index contributed by atoms with van der Waals surface area (Å²) in [7, 11) is 0. The van der Waals surface area contributed by atoms with E-state index >= 15 is 0 Å². The molecule has 1 aromatic heterocycles. The molecule has 2 aromatic rings. The number of aromatic nitrogens is 3. The number of rotatable bonds is 5. The van der Waals surface area contributed by atoms with E-state index in [-0.39, 0.29) is 0 Å². The van der Waals surface area contributed by atoms with E-state index in [1.807, 2.05) is 16.8 Å². The second-order valence-electron chi connectivity index (χ2n) is 5.87. The number of hydrogen-bond acceptors (Lipinski definition) is 4. The highest BCUT2D eigenvalue weighted by Crippen LogP contribution is 2.14. The van der Waals surface area contributed by atoms with Crippen molar-refractivity contribution in [2.75, 3.05) is 0 Å². The number of hydrogen-bond donors (Lipinski definition) is 2. The molecule has 2 atom stereocenters. The van der Waals surface area contributed by atoms with Gasteiger partial charge in [-0.25, -0.2) is 9.67 Å². The first kappa shape index (κ1) is 14.1. The van der Waals surface area contributed by atoms with E-state index in [9.17, 15) is 5.11 Å². The smallest absolute Gasteiger partial charge is 0.138 e. The third-order valence-electron chi connectivity index (χ3n) is 4.13. The zero-order valence-corrected chi connectivity index (χ0v) is 12.4. The van der Waals surface area contributed by atoms with Crippen LogP contribution in [0.2, 0.25) is 0 Å². The lowest BCUT2D eigenvalue weighted by atomic mass is 10.0. The number of benzene rings is 1. The molecule has 0 aliphatic carbocycles. The summed E-state index contributed by atoms with van der Waals surface area (Å²) in [5.74, 6) is 1.43. The standard InChI is InChI=1S/C16H22N4O/c1-12(2-3-13-4-7-15(21)8-5-13)19-14-6-9-16-17-11-18-20(16)10-14/h4-5,7-8,11-12,14,19,21H,2-3,6,9-10H2,1H3. The Morgan fingerprint density at radius 2 is 2.19 bits per heavy atom. The zero-order chi connectivity index (χ0) is 14.7. The number of aromatic hydroxyl groups is 1. The Kier molecular flexibility index (Phi) is 4.20. The predicted octanol–water partition coefficient (Wildman–Crippen LogP) is 1.91. The van der Waals surface area contributed by atoms with Crippen LogP contribution in [0.15, 0.2) is 30.6 Å². The van der Waals surface area contributed by atoms with Gasteiger partial charge in [-0.05, 0) is 43.9 Å². The maximum atomic E-state index is 9.29. The van der Waals surface area contributed by atoms with Crippen LogP contribution in [0.1, 0.15) is 31.2 Å². The van der Waals surface area contributed by atoms with Crippen molar-refractivity contribution in [1.29, 1.82) is 0 Å². The maximum Gasteiger partial charge on any atom is 0.138 e. The van der Waals surface area contributed by atoms with Gasteiger partial charge in [0.05, 0.1) is 6.54 Å². The Balaban J connectivity index is 1.46. The van der Waals surface area contributed by atoms with Crippen molar-refractivity contribution < 1.29 is 5.11 Å². The van der Waals surface area contributed by atoms with Gasteiger partial charge in [0.2, 0.25) is 0 Å². The molecule has 2 N–H and O–H groups in total. The summed E-state index contributed by atoms with van der Waals surface area (Å²) in [4.78, 5) is 4.26. The van der Waals surface area contributed by atoms with E-state index in [0.29, 0.717) is 17.8 Å². The van der Waals surface area contributed by atoms with E-state index < -0.39 is 0 Å². The average molecular weight is 286 g/mol. The van der Waals surface area contributed by atoms with Gasteiger partial charge in [0, 0.05) is 18.5 Å². The average Bonchev–Trinajstić information content (AvgIpc) is 2.94. The van der Waals surface area contributed by atoms with E-state index in [2.05, 4.69) is 22.3 Å². The first-order valence-electron chi connectivity index (χ1n) is 7.61. The molecule has 0 bridgehead atoms. The van der Waals surface area contributed by atoms with E-state index in [0.717, 1.165) is 38.1 Å². The van der Waals surface area contributed by atoms with Crippen LogP contribution in [0.5, 0.6) is 5.75 Å². The Labute approximate surface area is 125 Å². The molecule has 21 heavy (non-hydrogen) atoms. The molecule has 2 heterocycles. The van der Waals surface area contributed by atoms with Crippen LogP contribution in [0, 0.1) is 0 Å². The number of phenols is 1. The minimum Gasteiger partial charge on any atom is -0.508 e. The van der Waals surface area contributed by atoms with Gasteiger partial charge >= 0.3 is 0 Å². The van der Waals surface area contributed by atoms with Crippen molar-refractivity contribution >= 4 is 0 Å². The van der Waals surface area contributed by atoms with Crippen molar-refractivity contribution in [2.24, 2.45) is 0 Å². The molecular weight excluding hydrogens is 264 g/mol. The summed E-state index contributed by atoms with van der Waals surface area (Å²) in [6.45, 7) is 3.15. The molecule has 0 saturated carbocycles. The third-order valence-corrected chi connectivity index (χ3v) is 4.13. The van der Waals surface area contributed by atoms with Gasteiger partial charge < -0.3 is 10.4 Å². The van der Waals surface area contributed by atoms with Crippen molar-refractivity contribution in [3.05, 3.63) is 42.0 Å². The number of aryl methyl sites for hydroxylation is 2. The summed E-state index contributed by atoms with van der Waals surface area (Å²) >= 11 is 0. The minimum atomic E-state index is 0.329. The van der Waals surface area contributed by atoms with Crippen molar-refractivity contribution in [1.82, 2.24) is 20.1 Å². The lowest BCUT2D eigenvalue weighted by Gasteiger charge is -2.27. The Bertz CT molecular complexity index is 578. The van der Waals surface area contributed by atoms with Crippen molar-refractivity contribution in [3.8, 4) is 5.75 Å². The van der Waals surface area contributed by atoms with Crippen molar-refractivity contribution in [3.63, 3.8) is 0 Å². The summed E-state index contributed by atoms with van der Waals surface area (Å²) in [5.41, 5.74) is 1.27. The van der Waals surface area contributed by atoms with Gasteiger partial charge in [0.25, 0.3) is 0 Å². The van der Waals surface area contributed by atoms with Gasteiger partial charge in [-0.3, -0.25) is 0 Å². The van der Waals surface area contributed by atoms with Gasteiger partial charge in [0.1, 0.15) is 17.9 Å². The second kappa shape index (κ2) is 6.26. The summed E-state index contributed by atoms with van der Waals surface area (Å²) in [6.07, 6.45) is 5.89. The fraction of sp³-hybridized carbons (Fsp3) is 0.500. The molecule has 112 valence electrons. The topological polar surface area (TPSA) is 63.0 Å². The third kappa shape index (κ3) is 3.61. The first-order chi connectivity index (χ1) is 10.2. The van der Waals surface area contributed by atoms with Crippen LogP contribution in [0.25, 0.3) is 0 Å². The van der Waals surface area contributed by atoms with E-state index in [4.69, 9.17) is 0 Å². The number of phenolic OH excluding ortho intramolecular Hbond substituents is 1. The number of nitrogens with one attached hydrogen (secondary N) is 1. The lowest BCUT2D eigenvalue weighted by molar-refractivity contribution is 0.326. The number of nitrogens with zero attached hydrogens (tertiary/aromatic N) is 3. The maximum absolute atomic E-state index is 9.29. The molecule has 1 aliphatic heterocycles. The molecule has 1 aromatic carbocycles. The largest absolute Gasteiger partial charge is 0.508 e. The van der Waals surface area contributed by atoms with Crippen LogP contribution in [0.3, 0.4) is 0 Å². The highest BCUT2D eigenvalue weighted by atomic mass is 16.3. The molecule has 5 heteroatoms. The highest BCUT2D eigenvalue weighted by Gasteiger charge is 2.20. The summed E-state index contributed by atoms with van der Waals surface area (Å²) < 4.78 is 2.01. The summed E-state index contributed by atoms with van der Waals surface area (Å²) in [5, 5.41) is 17.2. The van der Waals surface area contributed by atoms with Gasteiger partial charge in [0.15, 0.2) is 0 Å². The Morgan fingerprint density at radius 3 is 3.00 bits per heavy atom. The van der Waals surface area contributed by atoms with Gasteiger partial charge in [-0.2, -0.15) is 5.10 Å². The molecule has 0 spiro atoms. The quantitative estimate of drug-likeness (QED) is 0.881. The molecular formula is C16H22N4O. The van der Waals surface area contributed by atoms with E-state index in [1.165, 1.54) is 5.56 Å². The molecule has 1 aliphatic rings. The van der Waals surface area contributed by atoms with Crippen molar-refractivity contribution in [2.45, 2.75) is 51.2 Å². The van der Waals surface area contributed by atoms with Crippen LogP contribution >= 0.6 is 0 Å². The molecule has 5 nitrogen and oxygen atoms in total. The fourth-order valence-corrected chi connectivity index (χ4v) is 2.91. The van der Waals surface area contributed by atoms with Crippen LogP contribution in [0.4, 0.5) is 0 Å². The second-order valence-corrected chi connectivity index (χ2v) is 5.87. The molecule has 0 fully saturated rings. The molecule has 0 saturated heterocycles. The molecule has 2 unspecified atom stereocenters. The van der Waals surface area contributed by atoms with Gasteiger partial charge in [-0.15, -0.1) is 0 Å². The number of fused-ring (bicyclic) bond motifs is 1. The summed E-state index contributed by atoms with van der Waals surface area (Å²) in [6, 6.07) is 8.43. The monoisotopic (exact) mass is 286 g/mol. The minimum absolute atomic E-state index is 0.329. The predicted molar refractivity (Wildman–Crippen MR) is 81.2 cm³/mol. The molecule has 0 amide bonds. The van der Waals surface area contributed by atoms with Crippen LogP contribution < -0.4 is 5.32 Å². The first-order valence-corrected chi connectivity index (χ1v) is 7.61. The zero-order valence-electron chi connectivity index (χ0n) is 12.4. The van der Waals surface area contributed by atoms with E-state index in [1.54, 1.807) is 18.5 Å². The molecule has 0 radical (unpaired) electrons. The van der Waals surface area contributed by atoms with Crippen LogP contribution in [-0.2, 0) is 19.4 Å². The Morgan fingerprint density at radius 1 is 1.38 bits per heavy atom. The normalized spacial score (nSPS) is 19.2. The SMILES string of the molecule is CC(CCc1ccc(O)cc1)NC1CCc2ncnn2C1. The Hall–Kier alpha value is -1.88. The van der Waals surface area contributed by atoms with Crippen LogP contribution in [-0.4, -0.2) is 32.0 Å². The fourth-order valence-electron chi connectivity index (χ4n) is 2.91.